The molecular weight excluding hydrogens is 819 g/mol. The molecule has 6 N–H and O–H groups in total. The average Bonchev–Trinajstić information content (AvgIpc) is 3.12. The van der Waals surface area contributed by atoms with Crippen molar-refractivity contribution in [3.8, 4) is 34.5 Å². The number of carbonyl (C=O) groups excluding carboxylic acids is 2. The van der Waals surface area contributed by atoms with Crippen molar-refractivity contribution in [2.45, 2.75) is 48.7 Å². The van der Waals surface area contributed by atoms with Crippen LogP contribution in [0.1, 0.15) is 27.7 Å². The lowest BCUT2D eigenvalue weighted by Gasteiger charge is -2.24. The molecule has 1 fully saturated rings. The van der Waals surface area contributed by atoms with Gasteiger partial charge in [-0.2, -0.15) is 16.8 Å². The number of esters is 2. The van der Waals surface area contributed by atoms with E-state index in [0.717, 1.165) is 50.4 Å². The molecule has 0 aromatic heterocycles. The number of benzene rings is 4. The Balaban J connectivity index is 0.000000261. The number of phenolic OH excluding ortho intramolecular Hbond substituents is 2. The third kappa shape index (κ3) is 14.4. The summed E-state index contributed by atoms with van der Waals surface area (Å²) in [5.74, 6) is -2.54. The van der Waals surface area contributed by atoms with E-state index < -0.39 is 64.7 Å². The fourth-order valence-electron chi connectivity index (χ4n) is 4.27. The van der Waals surface area contributed by atoms with E-state index in [1.807, 2.05) is 0 Å². The molecule has 1 aliphatic heterocycles. The summed E-state index contributed by atoms with van der Waals surface area (Å²) < 4.78 is 84.1. The average molecular weight is 860 g/mol. The van der Waals surface area contributed by atoms with Crippen LogP contribution in [0.15, 0.2) is 94.7 Å². The third-order valence-corrected chi connectivity index (χ3v) is 9.42. The molecule has 16 nitrogen and oxygen atoms in total. The summed E-state index contributed by atoms with van der Waals surface area (Å²) in [7, 11) is -9.33. The molecule has 1 aliphatic rings. The summed E-state index contributed by atoms with van der Waals surface area (Å²) in [6.45, 7) is 10.4. The van der Waals surface area contributed by atoms with Crippen LogP contribution in [0.5, 0.6) is 34.5 Å². The normalized spacial score (nSPS) is 13.1. The van der Waals surface area contributed by atoms with Crippen molar-refractivity contribution in [2.75, 3.05) is 26.2 Å². The molecule has 1 saturated heterocycles. The topological polar surface area (TPSA) is 244 Å². The van der Waals surface area contributed by atoms with Crippen LogP contribution >= 0.6 is 23.2 Å². The van der Waals surface area contributed by atoms with Gasteiger partial charge in [0.25, 0.3) is 20.2 Å². The fourth-order valence-corrected chi connectivity index (χ4v) is 5.72. The lowest BCUT2D eigenvalue weighted by Crippen LogP contribution is -2.41. The number of phenols is 2. The standard InChI is InChI=1S/2C16H15ClO7S.C4H10N2/c2*1-16(2,24-11-5-3-10(17)4-6-11)15(19)23-12-7-8-13(18)14(9-12)25(20,21)22;1-2-6-4-3-5-1/h2*3-9,18H,1-2H3,(H,20,21,22);5-6H,1-4H2. The van der Waals surface area contributed by atoms with E-state index in [1.165, 1.54) is 39.8 Å². The quantitative estimate of drug-likeness (QED) is 0.0674. The van der Waals surface area contributed by atoms with Gasteiger partial charge in [-0.25, -0.2) is 9.59 Å². The number of hydrogen-bond acceptors (Lipinski definition) is 14. The van der Waals surface area contributed by atoms with Gasteiger partial charge in [0.2, 0.25) is 11.2 Å². The number of nitrogens with one attached hydrogen (secondary N) is 2. The van der Waals surface area contributed by atoms with Crippen molar-refractivity contribution in [3.63, 3.8) is 0 Å². The predicted octanol–water partition coefficient (Wildman–Crippen LogP) is 5.29. The van der Waals surface area contributed by atoms with Crippen LogP contribution in [0, 0.1) is 0 Å². The highest BCUT2D eigenvalue weighted by molar-refractivity contribution is 7.86. The zero-order valence-corrected chi connectivity index (χ0v) is 33.5. The highest BCUT2D eigenvalue weighted by Crippen LogP contribution is 2.30. The molecule has 0 atom stereocenters. The van der Waals surface area contributed by atoms with E-state index in [4.69, 9.17) is 51.3 Å². The minimum atomic E-state index is -4.66. The maximum Gasteiger partial charge on any atom is 0.355 e. The number of carbonyl (C=O) groups is 2. The molecule has 0 radical (unpaired) electrons. The van der Waals surface area contributed by atoms with E-state index >= 15 is 0 Å². The van der Waals surface area contributed by atoms with Gasteiger partial charge in [0.15, 0.2) is 0 Å². The fraction of sp³-hybridized carbons (Fsp3) is 0.278. The minimum Gasteiger partial charge on any atom is -0.506 e. The number of rotatable bonds is 10. The van der Waals surface area contributed by atoms with Gasteiger partial charge >= 0.3 is 11.9 Å². The molecule has 304 valence electrons. The summed E-state index contributed by atoms with van der Waals surface area (Å²) >= 11 is 11.6. The van der Waals surface area contributed by atoms with Crippen molar-refractivity contribution < 1.29 is 64.7 Å². The first-order chi connectivity index (χ1) is 26.0. The van der Waals surface area contributed by atoms with E-state index in [2.05, 4.69) is 10.6 Å². The van der Waals surface area contributed by atoms with Crippen molar-refractivity contribution in [2.24, 2.45) is 0 Å². The van der Waals surface area contributed by atoms with E-state index in [0.29, 0.717) is 21.5 Å². The predicted molar refractivity (Wildman–Crippen MR) is 205 cm³/mol. The summed E-state index contributed by atoms with van der Waals surface area (Å²) in [5.41, 5.74) is -2.80. The smallest absolute Gasteiger partial charge is 0.355 e. The maximum atomic E-state index is 12.3. The van der Waals surface area contributed by atoms with Gasteiger partial charge in [0, 0.05) is 48.4 Å². The van der Waals surface area contributed by atoms with Crippen molar-refractivity contribution >= 4 is 55.4 Å². The third-order valence-electron chi connectivity index (χ3n) is 7.15. The van der Waals surface area contributed by atoms with Crippen molar-refractivity contribution in [1.29, 1.82) is 0 Å². The molecule has 0 amide bonds. The number of piperazine rings is 1. The van der Waals surface area contributed by atoms with Gasteiger partial charge in [-0.15, -0.1) is 0 Å². The Morgan fingerprint density at radius 2 is 0.839 bits per heavy atom. The number of aromatic hydroxyl groups is 2. The van der Waals surface area contributed by atoms with E-state index in [-0.39, 0.29) is 11.5 Å². The Morgan fingerprint density at radius 3 is 1.11 bits per heavy atom. The Kier molecular flexibility index (Phi) is 15.9. The molecule has 5 rings (SSSR count). The Hall–Kier alpha value is -4.66. The maximum absolute atomic E-state index is 12.3. The molecule has 4 aromatic rings. The minimum absolute atomic E-state index is 0.178. The van der Waals surface area contributed by atoms with Crippen molar-refractivity contribution in [3.05, 3.63) is 95.0 Å². The SMILES string of the molecule is C1CNCCN1.CC(C)(Oc1ccc(Cl)cc1)C(=O)Oc1ccc(O)c(S(=O)(=O)O)c1.CC(C)(Oc1ccc(Cl)cc1)C(=O)Oc1ccc(O)c(S(=O)(=O)O)c1. The highest BCUT2D eigenvalue weighted by atomic mass is 35.5. The lowest BCUT2D eigenvalue weighted by molar-refractivity contribution is -0.149. The number of ether oxygens (including phenoxy) is 4. The Labute approximate surface area is 333 Å². The van der Waals surface area contributed by atoms with Gasteiger partial charge in [-0.1, -0.05) is 23.2 Å². The second-order valence-corrected chi connectivity index (χ2v) is 16.3. The van der Waals surface area contributed by atoms with Gasteiger partial charge in [0.05, 0.1) is 0 Å². The second kappa shape index (κ2) is 19.5. The molecule has 0 aliphatic carbocycles. The second-order valence-electron chi connectivity index (χ2n) is 12.6. The lowest BCUT2D eigenvalue weighted by atomic mass is 10.1. The number of halogens is 2. The van der Waals surface area contributed by atoms with Crippen LogP contribution in [0.25, 0.3) is 0 Å². The number of hydrogen-bond donors (Lipinski definition) is 6. The first kappa shape index (κ1) is 45.7. The molecule has 20 heteroatoms. The van der Waals surface area contributed by atoms with Crippen LogP contribution in [0.3, 0.4) is 0 Å². The molecule has 0 spiro atoms. The van der Waals surface area contributed by atoms with Gasteiger partial charge < -0.3 is 39.8 Å². The van der Waals surface area contributed by atoms with E-state index in [9.17, 15) is 36.6 Å². The van der Waals surface area contributed by atoms with Crippen LogP contribution in [-0.4, -0.2) is 85.5 Å². The highest BCUT2D eigenvalue weighted by Gasteiger charge is 2.34. The van der Waals surface area contributed by atoms with Gasteiger partial charge in [0.1, 0.15) is 44.3 Å². The van der Waals surface area contributed by atoms with Crippen LogP contribution in [0.4, 0.5) is 0 Å². The summed E-state index contributed by atoms with van der Waals surface area (Å²) in [6.07, 6.45) is 0. The van der Waals surface area contributed by atoms with Crippen LogP contribution in [-0.2, 0) is 29.8 Å². The molecule has 4 aromatic carbocycles. The monoisotopic (exact) mass is 858 g/mol. The van der Waals surface area contributed by atoms with Crippen LogP contribution < -0.4 is 29.6 Å². The zero-order valence-electron chi connectivity index (χ0n) is 30.4. The summed E-state index contributed by atoms with van der Waals surface area (Å²) in [4.78, 5) is 23.1. The van der Waals surface area contributed by atoms with Gasteiger partial charge in [-0.3, -0.25) is 9.11 Å². The first-order valence-electron chi connectivity index (χ1n) is 16.3. The Bertz CT molecular complexity index is 2030. The largest absolute Gasteiger partial charge is 0.506 e. The molecule has 0 unspecified atom stereocenters. The molecule has 56 heavy (non-hydrogen) atoms. The first-order valence-corrected chi connectivity index (χ1v) is 20.0. The molecule has 0 saturated carbocycles. The molecular formula is C36H40Cl2N2O14S2. The summed E-state index contributed by atoms with van der Waals surface area (Å²) in [6, 6.07) is 18.7. The molecule has 1 heterocycles. The van der Waals surface area contributed by atoms with Gasteiger partial charge in [-0.05, 0) is 100 Å². The van der Waals surface area contributed by atoms with E-state index in [1.54, 1.807) is 48.5 Å². The van der Waals surface area contributed by atoms with Crippen molar-refractivity contribution in [1.82, 2.24) is 10.6 Å². The molecule has 0 bridgehead atoms. The summed E-state index contributed by atoms with van der Waals surface area (Å²) in [5, 5.41) is 26.4. The van der Waals surface area contributed by atoms with Crippen LogP contribution in [0.2, 0.25) is 10.0 Å². The zero-order chi connectivity index (χ0) is 41.9. The Morgan fingerprint density at radius 1 is 0.554 bits per heavy atom.